The highest BCUT2D eigenvalue weighted by molar-refractivity contribution is 5.75. The summed E-state index contributed by atoms with van der Waals surface area (Å²) < 4.78 is 5.18. The Labute approximate surface area is 76.8 Å². The van der Waals surface area contributed by atoms with Gasteiger partial charge < -0.3 is 15.4 Å². The van der Waals surface area contributed by atoms with Crippen LogP contribution < -0.4 is 5.73 Å². The Kier molecular flexibility index (Phi) is 3.25. The molecule has 0 spiro atoms. The van der Waals surface area contributed by atoms with Crippen molar-refractivity contribution in [1.29, 1.82) is 0 Å². The molecule has 0 bridgehead atoms. The second-order valence-corrected chi connectivity index (χ2v) is 3.15. The van der Waals surface area contributed by atoms with Gasteiger partial charge in [-0.1, -0.05) is 0 Å². The molecule has 0 radical (unpaired) electrons. The molecule has 1 rings (SSSR count). The van der Waals surface area contributed by atoms with E-state index < -0.39 is 5.91 Å². The van der Waals surface area contributed by atoms with Crippen LogP contribution in [0.25, 0.3) is 0 Å². The third-order valence-corrected chi connectivity index (χ3v) is 2.05. The molecule has 13 heavy (non-hydrogen) atoms. The second-order valence-electron chi connectivity index (χ2n) is 3.15. The highest BCUT2D eigenvalue weighted by Crippen LogP contribution is 2.12. The summed E-state index contributed by atoms with van der Waals surface area (Å²) in [5.74, 6) is -0.425. The molecule has 2 N–H and O–H groups in total. The Morgan fingerprint density at radius 3 is 2.77 bits per heavy atom. The number of hydrogen-bond acceptors (Lipinski definition) is 3. The van der Waals surface area contributed by atoms with Crippen molar-refractivity contribution in [2.75, 3.05) is 19.7 Å². The Balaban J connectivity index is 2.25. The van der Waals surface area contributed by atoms with E-state index in [1.54, 1.807) is 4.90 Å². The van der Waals surface area contributed by atoms with Crippen molar-refractivity contribution < 1.29 is 14.3 Å². The number of rotatable bonds is 3. The van der Waals surface area contributed by atoms with Gasteiger partial charge in [0.15, 0.2) is 0 Å². The summed E-state index contributed by atoms with van der Waals surface area (Å²) in [4.78, 5) is 23.0. The number of nitrogens with two attached hydrogens (primary N) is 1. The van der Waals surface area contributed by atoms with Gasteiger partial charge in [-0.3, -0.25) is 9.59 Å². The Bertz CT molecular complexity index is 217. The fraction of sp³-hybridized carbons (Fsp3) is 0.750. The summed E-state index contributed by atoms with van der Waals surface area (Å²) in [5.41, 5.74) is 4.92. The number of amides is 2. The first kappa shape index (κ1) is 9.98. The number of nitrogens with zero attached hydrogens (tertiary/aromatic N) is 1. The maximum absolute atomic E-state index is 10.9. The van der Waals surface area contributed by atoms with Crippen LogP contribution in [0.15, 0.2) is 0 Å². The van der Waals surface area contributed by atoms with E-state index in [-0.39, 0.29) is 18.6 Å². The van der Waals surface area contributed by atoms with E-state index in [0.717, 1.165) is 6.42 Å². The molecule has 1 unspecified atom stereocenters. The summed E-state index contributed by atoms with van der Waals surface area (Å²) in [5, 5.41) is 0. The molecule has 5 heteroatoms. The fourth-order valence-electron chi connectivity index (χ4n) is 1.35. The first-order chi connectivity index (χ1) is 6.09. The summed E-state index contributed by atoms with van der Waals surface area (Å²) in [6, 6.07) is 0. The monoisotopic (exact) mass is 186 g/mol. The average Bonchev–Trinajstić information content (AvgIpc) is 2.48. The first-order valence-corrected chi connectivity index (χ1v) is 4.25. The molecule has 5 nitrogen and oxygen atoms in total. The minimum Gasteiger partial charge on any atom is -0.368 e. The van der Waals surface area contributed by atoms with E-state index in [0.29, 0.717) is 13.1 Å². The van der Waals surface area contributed by atoms with Gasteiger partial charge in [0.1, 0.15) is 6.61 Å². The molecule has 0 aromatic rings. The summed E-state index contributed by atoms with van der Waals surface area (Å²) in [6.07, 6.45) is 0.753. The van der Waals surface area contributed by atoms with Crippen LogP contribution in [0.4, 0.5) is 0 Å². The molecule has 1 aliphatic rings. The summed E-state index contributed by atoms with van der Waals surface area (Å²) in [7, 11) is 0. The molecule has 1 fully saturated rings. The maximum atomic E-state index is 10.9. The molecule has 1 atom stereocenters. The topological polar surface area (TPSA) is 72.6 Å². The highest BCUT2D eigenvalue weighted by Gasteiger charge is 2.24. The third-order valence-electron chi connectivity index (χ3n) is 2.05. The van der Waals surface area contributed by atoms with Crippen molar-refractivity contribution in [3.63, 3.8) is 0 Å². The van der Waals surface area contributed by atoms with E-state index in [9.17, 15) is 9.59 Å². The number of primary amides is 1. The van der Waals surface area contributed by atoms with Gasteiger partial charge in [-0.15, -0.1) is 0 Å². The van der Waals surface area contributed by atoms with Crippen LogP contribution >= 0.6 is 0 Å². The lowest BCUT2D eigenvalue weighted by Gasteiger charge is -2.13. The van der Waals surface area contributed by atoms with Crippen molar-refractivity contribution in [3.05, 3.63) is 0 Å². The highest BCUT2D eigenvalue weighted by atomic mass is 16.5. The molecule has 1 heterocycles. The van der Waals surface area contributed by atoms with Crippen LogP contribution in [-0.4, -0.2) is 42.5 Å². The van der Waals surface area contributed by atoms with Gasteiger partial charge in [0.25, 0.3) is 0 Å². The van der Waals surface area contributed by atoms with Crippen molar-refractivity contribution in [2.45, 2.75) is 19.4 Å². The summed E-state index contributed by atoms with van der Waals surface area (Å²) >= 11 is 0. The van der Waals surface area contributed by atoms with Gasteiger partial charge in [-0.25, -0.2) is 0 Å². The molecule has 0 saturated carbocycles. The van der Waals surface area contributed by atoms with E-state index in [2.05, 4.69) is 0 Å². The maximum Gasteiger partial charge on any atom is 0.243 e. The molecule has 0 aliphatic carbocycles. The standard InChI is InChI=1S/C8H14N2O3/c1-6(11)10-3-2-7(4-10)13-5-8(9)12/h7H,2-5H2,1H3,(H2,9,12). The minimum atomic E-state index is -0.471. The Morgan fingerprint density at radius 1 is 1.62 bits per heavy atom. The van der Waals surface area contributed by atoms with Crippen molar-refractivity contribution in [1.82, 2.24) is 4.90 Å². The molecular weight excluding hydrogens is 172 g/mol. The smallest absolute Gasteiger partial charge is 0.243 e. The molecule has 0 aromatic carbocycles. The zero-order valence-electron chi connectivity index (χ0n) is 7.66. The number of carbonyl (C=O) groups excluding carboxylic acids is 2. The minimum absolute atomic E-state index is 0.0311. The largest absolute Gasteiger partial charge is 0.368 e. The predicted octanol–water partition coefficient (Wildman–Crippen LogP) is -0.891. The van der Waals surface area contributed by atoms with Crippen LogP contribution in [0.5, 0.6) is 0 Å². The second kappa shape index (κ2) is 4.23. The van der Waals surface area contributed by atoms with E-state index in [1.165, 1.54) is 6.92 Å². The Morgan fingerprint density at radius 2 is 2.31 bits per heavy atom. The van der Waals surface area contributed by atoms with Gasteiger partial charge in [-0.05, 0) is 6.42 Å². The van der Waals surface area contributed by atoms with Gasteiger partial charge in [0.2, 0.25) is 11.8 Å². The van der Waals surface area contributed by atoms with Gasteiger partial charge >= 0.3 is 0 Å². The number of ether oxygens (including phenoxy) is 1. The van der Waals surface area contributed by atoms with E-state index in [1.807, 2.05) is 0 Å². The average molecular weight is 186 g/mol. The zero-order chi connectivity index (χ0) is 9.84. The number of carbonyl (C=O) groups is 2. The lowest BCUT2D eigenvalue weighted by atomic mass is 10.3. The van der Waals surface area contributed by atoms with E-state index >= 15 is 0 Å². The zero-order valence-corrected chi connectivity index (χ0v) is 7.66. The van der Waals surface area contributed by atoms with Crippen LogP contribution in [-0.2, 0) is 14.3 Å². The predicted molar refractivity (Wildman–Crippen MR) is 45.8 cm³/mol. The normalized spacial score (nSPS) is 21.9. The molecule has 74 valence electrons. The van der Waals surface area contributed by atoms with Gasteiger partial charge in [0.05, 0.1) is 6.10 Å². The van der Waals surface area contributed by atoms with E-state index in [4.69, 9.17) is 10.5 Å². The third kappa shape index (κ3) is 3.02. The fourth-order valence-corrected chi connectivity index (χ4v) is 1.35. The quantitative estimate of drug-likeness (QED) is 0.621. The molecule has 1 saturated heterocycles. The van der Waals surface area contributed by atoms with Gasteiger partial charge in [0, 0.05) is 20.0 Å². The number of likely N-dealkylation sites (tertiary alicyclic amines) is 1. The van der Waals surface area contributed by atoms with Crippen LogP contribution in [0.1, 0.15) is 13.3 Å². The molecular formula is C8H14N2O3. The Hall–Kier alpha value is -1.10. The molecule has 1 aliphatic heterocycles. The van der Waals surface area contributed by atoms with Crippen molar-refractivity contribution >= 4 is 11.8 Å². The van der Waals surface area contributed by atoms with Crippen molar-refractivity contribution in [2.24, 2.45) is 5.73 Å². The van der Waals surface area contributed by atoms with Gasteiger partial charge in [-0.2, -0.15) is 0 Å². The first-order valence-electron chi connectivity index (χ1n) is 4.25. The van der Waals surface area contributed by atoms with Crippen molar-refractivity contribution in [3.8, 4) is 0 Å². The molecule has 0 aromatic heterocycles. The molecule has 2 amide bonds. The summed E-state index contributed by atoms with van der Waals surface area (Å²) in [6.45, 7) is 2.74. The van der Waals surface area contributed by atoms with Crippen LogP contribution in [0.2, 0.25) is 0 Å². The lowest BCUT2D eigenvalue weighted by Crippen LogP contribution is -2.29. The van der Waals surface area contributed by atoms with Crippen LogP contribution in [0.3, 0.4) is 0 Å². The SMILES string of the molecule is CC(=O)N1CCC(OCC(N)=O)C1. The lowest BCUT2D eigenvalue weighted by molar-refractivity contribution is -0.128. The van der Waals surface area contributed by atoms with Crippen LogP contribution in [0, 0.1) is 0 Å². The number of hydrogen-bond donors (Lipinski definition) is 1.